The van der Waals surface area contributed by atoms with Crippen LogP contribution in [0.15, 0.2) is 18.2 Å². The minimum absolute atomic E-state index is 0.0366. The van der Waals surface area contributed by atoms with Gasteiger partial charge >= 0.3 is 0 Å². The van der Waals surface area contributed by atoms with Crippen molar-refractivity contribution < 1.29 is 9.50 Å². The Morgan fingerprint density at radius 2 is 1.70 bits per heavy atom. The Morgan fingerprint density at radius 1 is 1.15 bits per heavy atom. The number of terminal acetylenes is 1. The van der Waals surface area contributed by atoms with Gasteiger partial charge in [0.05, 0.1) is 10.6 Å². The predicted octanol–water partition coefficient (Wildman–Crippen LogP) is 5.68. The fourth-order valence-electron chi connectivity index (χ4n) is 1.81. The summed E-state index contributed by atoms with van der Waals surface area (Å²) in [6, 6.07) is 4.50. The molecule has 0 aliphatic heterocycles. The molecule has 1 N–H and O–H groups in total. The summed E-state index contributed by atoms with van der Waals surface area (Å²) in [4.78, 5) is 0. The molecule has 0 unspecified atom stereocenters. The molecule has 3 heteroatoms. The number of hydrogen-bond donors (Lipinski definition) is 1. The van der Waals surface area contributed by atoms with E-state index in [4.69, 9.17) is 18.0 Å². The third-order valence-corrected chi connectivity index (χ3v) is 2.73. The smallest absolute Gasteiger partial charge is 0.158 e. The van der Waals surface area contributed by atoms with E-state index in [2.05, 4.69) is 5.92 Å². The molecule has 0 spiro atoms. The molecule has 0 saturated heterocycles. The Hall–Kier alpha value is -1.72. The van der Waals surface area contributed by atoms with Crippen molar-refractivity contribution in [3.05, 3.63) is 40.2 Å². The zero-order valence-electron chi connectivity index (χ0n) is 12.5. The minimum atomic E-state index is -0.592. The average Bonchev–Trinajstić information content (AvgIpc) is 2.45. The van der Waals surface area contributed by atoms with Gasteiger partial charge in [-0.3, -0.25) is 0 Å². The maximum atomic E-state index is 13.7. The lowest BCUT2D eigenvalue weighted by molar-refractivity contribution is 0.476. The Balaban J connectivity index is 0.000000829. The van der Waals surface area contributed by atoms with Gasteiger partial charge in [0, 0.05) is 5.39 Å². The van der Waals surface area contributed by atoms with E-state index in [-0.39, 0.29) is 16.3 Å². The molecule has 2 rings (SSSR count). The first-order valence-corrected chi connectivity index (χ1v) is 7.00. The Morgan fingerprint density at radius 3 is 2.20 bits per heavy atom. The van der Waals surface area contributed by atoms with Crippen LogP contribution in [-0.2, 0) is 0 Å². The van der Waals surface area contributed by atoms with Crippen LogP contribution < -0.4 is 0 Å². The fraction of sp³-hybridized carbons (Fsp3) is 0.294. The molecule has 0 fully saturated rings. The van der Waals surface area contributed by atoms with Crippen LogP contribution >= 0.6 is 11.6 Å². The van der Waals surface area contributed by atoms with Gasteiger partial charge in [0.25, 0.3) is 0 Å². The van der Waals surface area contributed by atoms with Gasteiger partial charge in [-0.15, -0.1) is 6.42 Å². The van der Waals surface area contributed by atoms with Crippen LogP contribution in [0.3, 0.4) is 0 Å². The van der Waals surface area contributed by atoms with E-state index >= 15 is 0 Å². The standard InChI is InChI=1S/C13H8ClFO.2C2H6/c1-3-10-12-7(2)4-9(16)5-8(12)6-11(14)13(10)15;2*1-2/h1,4-6,16H,2H3;2*1-2H3. The van der Waals surface area contributed by atoms with Crippen LogP contribution in [0.2, 0.25) is 5.02 Å². The maximum Gasteiger partial charge on any atom is 0.158 e. The van der Waals surface area contributed by atoms with Gasteiger partial charge in [0.15, 0.2) is 5.82 Å². The third-order valence-electron chi connectivity index (χ3n) is 2.46. The second kappa shape index (κ2) is 8.45. The maximum absolute atomic E-state index is 13.7. The van der Waals surface area contributed by atoms with Crippen molar-refractivity contribution in [2.75, 3.05) is 0 Å². The summed E-state index contributed by atoms with van der Waals surface area (Å²) in [7, 11) is 0. The number of benzene rings is 2. The number of phenolic OH excluding ortho intramolecular Hbond substituents is 1. The van der Waals surface area contributed by atoms with Crippen LogP contribution in [0.4, 0.5) is 4.39 Å². The van der Waals surface area contributed by atoms with Crippen molar-refractivity contribution in [3.63, 3.8) is 0 Å². The number of halogens is 2. The van der Waals surface area contributed by atoms with Crippen molar-refractivity contribution in [2.24, 2.45) is 0 Å². The van der Waals surface area contributed by atoms with Crippen molar-refractivity contribution in [1.29, 1.82) is 0 Å². The molecule has 108 valence electrons. The highest BCUT2D eigenvalue weighted by atomic mass is 35.5. The van der Waals surface area contributed by atoms with Crippen molar-refractivity contribution in [2.45, 2.75) is 34.6 Å². The number of aryl methyl sites for hydroxylation is 1. The largest absolute Gasteiger partial charge is 0.508 e. The summed E-state index contributed by atoms with van der Waals surface area (Å²) in [5.74, 6) is 1.81. The summed E-state index contributed by atoms with van der Waals surface area (Å²) in [6.07, 6.45) is 5.28. The first kappa shape index (κ1) is 18.3. The highest BCUT2D eigenvalue weighted by molar-refractivity contribution is 6.31. The molecule has 1 nitrogen and oxygen atoms in total. The molecular weight excluding hydrogens is 275 g/mol. The molecule has 0 radical (unpaired) electrons. The molecule has 0 aromatic heterocycles. The monoisotopic (exact) mass is 294 g/mol. The van der Waals surface area contributed by atoms with Gasteiger partial charge in [0.2, 0.25) is 0 Å². The Labute approximate surface area is 125 Å². The highest BCUT2D eigenvalue weighted by Crippen LogP contribution is 2.32. The van der Waals surface area contributed by atoms with Gasteiger partial charge < -0.3 is 5.11 Å². The van der Waals surface area contributed by atoms with Gasteiger partial charge in [-0.05, 0) is 36.1 Å². The zero-order valence-corrected chi connectivity index (χ0v) is 13.3. The summed E-state index contributed by atoms with van der Waals surface area (Å²) < 4.78 is 13.7. The molecule has 0 saturated carbocycles. The second-order valence-corrected chi connectivity index (χ2v) is 3.96. The van der Waals surface area contributed by atoms with Crippen LogP contribution in [0.25, 0.3) is 10.8 Å². The zero-order chi connectivity index (χ0) is 15.9. The number of hydrogen-bond acceptors (Lipinski definition) is 1. The summed E-state index contributed by atoms with van der Waals surface area (Å²) >= 11 is 5.72. The Kier molecular flexibility index (Phi) is 7.72. The van der Waals surface area contributed by atoms with Gasteiger partial charge in [0.1, 0.15) is 5.75 Å². The predicted molar refractivity (Wildman–Crippen MR) is 85.9 cm³/mol. The van der Waals surface area contributed by atoms with Crippen molar-refractivity contribution in [1.82, 2.24) is 0 Å². The van der Waals surface area contributed by atoms with E-state index in [1.807, 2.05) is 27.7 Å². The number of phenols is 1. The van der Waals surface area contributed by atoms with Crippen LogP contribution in [-0.4, -0.2) is 5.11 Å². The van der Waals surface area contributed by atoms with E-state index in [9.17, 15) is 9.50 Å². The number of fused-ring (bicyclic) bond motifs is 1. The molecule has 20 heavy (non-hydrogen) atoms. The minimum Gasteiger partial charge on any atom is -0.508 e. The van der Waals surface area contributed by atoms with Gasteiger partial charge in [-0.2, -0.15) is 0 Å². The lowest BCUT2D eigenvalue weighted by Gasteiger charge is -2.08. The molecule has 0 atom stereocenters. The van der Waals surface area contributed by atoms with E-state index in [0.717, 1.165) is 5.56 Å². The van der Waals surface area contributed by atoms with Crippen molar-refractivity contribution >= 4 is 22.4 Å². The van der Waals surface area contributed by atoms with Crippen molar-refractivity contribution in [3.8, 4) is 18.1 Å². The molecule has 2 aromatic rings. The quantitative estimate of drug-likeness (QED) is 0.620. The average molecular weight is 295 g/mol. The SMILES string of the molecule is C#Cc1c(F)c(Cl)cc2cc(O)cc(C)c12.CC.CC. The third kappa shape index (κ3) is 3.65. The van der Waals surface area contributed by atoms with E-state index in [0.29, 0.717) is 10.8 Å². The molecule has 0 amide bonds. The second-order valence-electron chi connectivity index (χ2n) is 3.55. The fourth-order valence-corrected chi connectivity index (χ4v) is 2.03. The number of aromatic hydroxyl groups is 1. The first-order chi connectivity index (χ1) is 9.54. The molecule has 0 aliphatic carbocycles. The summed E-state index contributed by atoms with van der Waals surface area (Å²) in [6.45, 7) is 9.76. The van der Waals surface area contributed by atoms with Gasteiger partial charge in [-0.25, -0.2) is 4.39 Å². The molecular formula is C17H20ClFO. The highest BCUT2D eigenvalue weighted by Gasteiger charge is 2.13. The van der Waals surface area contributed by atoms with E-state index in [1.54, 1.807) is 6.92 Å². The summed E-state index contributed by atoms with van der Waals surface area (Å²) in [5, 5.41) is 10.7. The molecule has 0 heterocycles. The number of rotatable bonds is 0. The molecule has 0 bridgehead atoms. The topological polar surface area (TPSA) is 20.2 Å². The molecule has 0 aliphatic rings. The van der Waals surface area contributed by atoms with Crippen LogP contribution in [0, 0.1) is 25.1 Å². The van der Waals surface area contributed by atoms with E-state index in [1.165, 1.54) is 18.2 Å². The first-order valence-electron chi connectivity index (χ1n) is 6.62. The van der Waals surface area contributed by atoms with Crippen LogP contribution in [0.1, 0.15) is 38.8 Å². The lowest BCUT2D eigenvalue weighted by Crippen LogP contribution is -1.91. The van der Waals surface area contributed by atoms with E-state index < -0.39 is 5.82 Å². The summed E-state index contributed by atoms with van der Waals surface area (Å²) in [5.41, 5.74) is 0.860. The van der Waals surface area contributed by atoms with Gasteiger partial charge in [-0.1, -0.05) is 45.2 Å². The lowest BCUT2D eigenvalue weighted by atomic mass is 9.99. The Bertz CT molecular complexity index is 627. The normalized spacial score (nSPS) is 8.90. The molecule has 2 aromatic carbocycles. The van der Waals surface area contributed by atoms with Crippen LogP contribution in [0.5, 0.6) is 5.75 Å².